The second-order valence-corrected chi connectivity index (χ2v) is 7.05. The second kappa shape index (κ2) is 6.03. The normalized spacial score (nSPS) is 15.0. The maximum atomic E-state index is 11.4. The Kier molecular flexibility index (Phi) is 5.12. The molecular formula is C13H22BrN3O2. The van der Waals surface area contributed by atoms with Crippen molar-refractivity contribution >= 4 is 21.6 Å². The van der Waals surface area contributed by atoms with Crippen LogP contribution in [0.4, 0.5) is 5.69 Å². The second-order valence-electron chi connectivity index (χ2n) is 5.60. The number of halogens is 1. The maximum absolute atomic E-state index is 11.4. The molecule has 0 radical (unpaired) electrons. The summed E-state index contributed by atoms with van der Waals surface area (Å²) in [6, 6.07) is 0. The summed E-state index contributed by atoms with van der Waals surface area (Å²) in [5.74, 6) is 0.396. The van der Waals surface area contributed by atoms with E-state index in [1.54, 1.807) is 11.7 Å². The van der Waals surface area contributed by atoms with Crippen LogP contribution < -0.4 is 0 Å². The third kappa shape index (κ3) is 3.16. The molecule has 0 saturated carbocycles. The lowest BCUT2D eigenvalue weighted by atomic mass is 9.88. The summed E-state index contributed by atoms with van der Waals surface area (Å²) in [4.78, 5) is 11.3. The van der Waals surface area contributed by atoms with Crippen LogP contribution in [0.25, 0.3) is 0 Å². The zero-order chi connectivity index (χ0) is 14.9. The molecular weight excluding hydrogens is 310 g/mol. The van der Waals surface area contributed by atoms with Crippen LogP contribution in [-0.4, -0.2) is 19.5 Å². The summed E-state index contributed by atoms with van der Waals surface area (Å²) in [5.41, 5.74) is 1.47. The van der Waals surface area contributed by atoms with Crippen molar-refractivity contribution in [3.63, 3.8) is 0 Å². The maximum Gasteiger partial charge on any atom is 0.313 e. The molecule has 1 aromatic rings. The standard InChI is InChI=1S/C13H22BrN3O2/c1-7(2)10(9(5)14)12-13(17(18)19)11(8(3)4)15-16(12)6/h7-10H,1-6H3. The van der Waals surface area contributed by atoms with Gasteiger partial charge in [-0.25, -0.2) is 0 Å². The first-order valence-corrected chi connectivity index (χ1v) is 7.45. The molecule has 6 heteroatoms. The van der Waals surface area contributed by atoms with Crippen LogP contribution in [0.1, 0.15) is 57.8 Å². The van der Waals surface area contributed by atoms with Gasteiger partial charge in [-0.05, 0) is 5.92 Å². The van der Waals surface area contributed by atoms with E-state index in [2.05, 4.69) is 34.9 Å². The van der Waals surface area contributed by atoms with Gasteiger partial charge in [0, 0.05) is 23.7 Å². The number of alkyl halides is 1. The van der Waals surface area contributed by atoms with Gasteiger partial charge in [0.15, 0.2) is 0 Å². The summed E-state index contributed by atoms with van der Waals surface area (Å²) in [5, 5.41) is 15.8. The Labute approximate surface area is 122 Å². The number of nitro groups is 1. The van der Waals surface area contributed by atoms with Gasteiger partial charge in [0.1, 0.15) is 11.4 Å². The van der Waals surface area contributed by atoms with Crippen molar-refractivity contribution in [1.29, 1.82) is 0 Å². The Hall–Kier alpha value is -0.910. The number of hydrogen-bond acceptors (Lipinski definition) is 3. The van der Waals surface area contributed by atoms with Crippen molar-refractivity contribution in [2.24, 2.45) is 13.0 Å². The summed E-state index contributed by atoms with van der Waals surface area (Å²) >= 11 is 3.58. The highest BCUT2D eigenvalue weighted by Gasteiger charge is 2.36. The molecule has 0 aliphatic heterocycles. The summed E-state index contributed by atoms with van der Waals surface area (Å²) in [7, 11) is 1.79. The van der Waals surface area contributed by atoms with Crippen molar-refractivity contribution < 1.29 is 4.92 Å². The van der Waals surface area contributed by atoms with Crippen molar-refractivity contribution in [3.8, 4) is 0 Å². The van der Waals surface area contributed by atoms with Crippen LogP contribution in [0.5, 0.6) is 0 Å². The Balaban J connectivity index is 3.53. The van der Waals surface area contributed by atoms with E-state index in [-0.39, 0.29) is 27.3 Å². The first-order chi connectivity index (χ1) is 8.68. The van der Waals surface area contributed by atoms with E-state index in [1.165, 1.54) is 0 Å². The summed E-state index contributed by atoms with van der Waals surface area (Å²) in [6.45, 7) is 10.0. The molecule has 0 aliphatic rings. The van der Waals surface area contributed by atoms with Gasteiger partial charge in [0.05, 0.1) is 4.92 Å². The first kappa shape index (κ1) is 16.1. The van der Waals surface area contributed by atoms with E-state index in [0.29, 0.717) is 17.3 Å². The van der Waals surface area contributed by atoms with Crippen LogP contribution in [0, 0.1) is 16.0 Å². The number of hydrogen-bond donors (Lipinski definition) is 0. The number of rotatable bonds is 5. The average Bonchev–Trinajstić information content (AvgIpc) is 2.56. The van der Waals surface area contributed by atoms with E-state index >= 15 is 0 Å². The van der Waals surface area contributed by atoms with Gasteiger partial charge in [-0.15, -0.1) is 0 Å². The molecule has 0 amide bonds. The molecule has 1 heterocycles. The van der Waals surface area contributed by atoms with Crippen LogP contribution in [0.2, 0.25) is 0 Å². The summed E-state index contributed by atoms with van der Waals surface area (Å²) < 4.78 is 1.68. The van der Waals surface area contributed by atoms with Crippen LogP contribution in [0.3, 0.4) is 0 Å². The van der Waals surface area contributed by atoms with Gasteiger partial charge < -0.3 is 0 Å². The fourth-order valence-corrected chi connectivity index (χ4v) is 3.42. The molecule has 108 valence electrons. The highest BCUT2D eigenvalue weighted by molar-refractivity contribution is 9.09. The fraction of sp³-hybridized carbons (Fsp3) is 0.769. The topological polar surface area (TPSA) is 61.0 Å². The molecule has 1 rings (SSSR count). The molecule has 2 atom stereocenters. The lowest BCUT2D eigenvalue weighted by Gasteiger charge is -2.23. The van der Waals surface area contributed by atoms with E-state index in [9.17, 15) is 10.1 Å². The molecule has 0 spiro atoms. The Morgan fingerprint density at radius 2 is 1.79 bits per heavy atom. The van der Waals surface area contributed by atoms with E-state index in [1.807, 2.05) is 20.8 Å². The van der Waals surface area contributed by atoms with Gasteiger partial charge >= 0.3 is 5.69 Å². The van der Waals surface area contributed by atoms with E-state index in [0.717, 1.165) is 0 Å². The Morgan fingerprint density at radius 1 is 1.26 bits per heavy atom. The van der Waals surface area contributed by atoms with Crippen molar-refractivity contribution in [3.05, 3.63) is 21.5 Å². The highest BCUT2D eigenvalue weighted by atomic mass is 79.9. The van der Waals surface area contributed by atoms with Crippen molar-refractivity contribution in [2.45, 2.75) is 51.3 Å². The van der Waals surface area contributed by atoms with Gasteiger partial charge in [-0.1, -0.05) is 50.5 Å². The minimum atomic E-state index is -0.289. The van der Waals surface area contributed by atoms with Crippen LogP contribution in [0.15, 0.2) is 0 Å². The summed E-state index contributed by atoms with van der Waals surface area (Å²) in [6.07, 6.45) is 0. The SMILES string of the molecule is CC(C)c1nn(C)c(C(C(C)C)C(C)Br)c1[N+](=O)[O-]. The Morgan fingerprint density at radius 3 is 2.11 bits per heavy atom. The number of aromatic nitrogens is 2. The first-order valence-electron chi connectivity index (χ1n) is 6.53. The van der Waals surface area contributed by atoms with Crippen LogP contribution >= 0.6 is 15.9 Å². The third-order valence-corrected chi connectivity index (χ3v) is 3.92. The molecule has 5 nitrogen and oxygen atoms in total. The van der Waals surface area contributed by atoms with E-state index in [4.69, 9.17) is 0 Å². The minimum absolute atomic E-state index is 0.0405. The third-order valence-electron chi connectivity index (χ3n) is 3.35. The zero-order valence-corrected chi connectivity index (χ0v) is 13.9. The highest BCUT2D eigenvalue weighted by Crippen LogP contribution is 2.40. The zero-order valence-electron chi connectivity index (χ0n) is 12.3. The van der Waals surface area contributed by atoms with Crippen LogP contribution in [-0.2, 0) is 7.05 Å². The molecule has 0 aliphatic carbocycles. The van der Waals surface area contributed by atoms with E-state index < -0.39 is 0 Å². The smallest absolute Gasteiger partial charge is 0.265 e. The molecule has 1 aromatic heterocycles. The number of nitrogens with zero attached hydrogens (tertiary/aromatic N) is 3. The predicted molar refractivity (Wildman–Crippen MR) is 79.9 cm³/mol. The van der Waals surface area contributed by atoms with Crippen molar-refractivity contribution in [1.82, 2.24) is 9.78 Å². The largest absolute Gasteiger partial charge is 0.313 e. The molecule has 2 unspecified atom stereocenters. The quantitative estimate of drug-likeness (QED) is 0.465. The minimum Gasteiger partial charge on any atom is -0.265 e. The van der Waals surface area contributed by atoms with Crippen molar-refractivity contribution in [2.75, 3.05) is 0 Å². The molecule has 0 fully saturated rings. The lowest BCUT2D eigenvalue weighted by molar-refractivity contribution is -0.386. The number of aryl methyl sites for hydroxylation is 1. The van der Waals surface area contributed by atoms with Gasteiger partial charge in [-0.2, -0.15) is 5.10 Å². The molecule has 0 bridgehead atoms. The lowest BCUT2D eigenvalue weighted by Crippen LogP contribution is -2.20. The molecule has 0 N–H and O–H groups in total. The molecule has 0 saturated heterocycles. The average molecular weight is 332 g/mol. The Bertz CT molecular complexity index is 459. The predicted octanol–water partition coefficient (Wildman–Crippen LogP) is 3.97. The molecule has 19 heavy (non-hydrogen) atoms. The fourth-order valence-electron chi connectivity index (χ4n) is 2.56. The molecule has 0 aromatic carbocycles. The van der Waals surface area contributed by atoms with Gasteiger partial charge in [0.25, 0.3) is 0 Å². The van der Waals surface area contributed by atoms with Gasteiger partial charge in [-0.3, -0.25) is 14.8 Å². The monoisotopic (exact) mass is 331 g/mol. The van der Waals surface area contributed by atoms with Gasteiger partial charge in [0.2, 0.25) is 0 Å².